The van der Waals surface area contributed by atoms with Crippen molar-refractivity contribution in [1.29, 1.82) is 0 Å². The van der Waals surface area contributed by atoms with Crippen molar-refractivity contribution < 1.29 is 19.2 Å². The van der Waals surface area contributed by atoms with Crippen molar-refractivity contribution in [2.45, 2.75) is 90.3 Å². The predicted octanol–water partition coefficient (Wildman–Crippen LogP) is 4.38. The number of allylic oxidation sites excluding steroid dienone is 1. The largest absolute Gasteiger partial charge is 0.486 e. The van der Waals surface area contributed by atoms with Gasteiger partial charge in [-0.1, -0.05) is 37.7 Å². The van der Waals surface area contributed by atoms with Crippen LogP contribution in [0.15, 0.2) is 12.1 Å². The van der Waals surface area contributed by atoms with Crippen molar-refractivity contribution >= 4 is 13.1 Å². The normalized spacial score (nSPS) is 19.9. The summed E-state index contributed by atoms with van der Waals surface area (Å²) in [5.74, 6) is 1.33. The van der Waals surface area contributed by atoms with E-state index in [1.165, 1.54) is 12.8 Å². The molecule has 126 valence electrons. The molecule has 0 aliphatic carbocycles. The molecule has 0 aromatic rings. The Bertz CT molecular complexity index is 361. The fourth-order valence-corrected chi connectivity index (χ4v) is 2.42. The second kappa shape index (κ2) is 8.73. The van der Waals surface area contributed by atoms with Crippen LogP contribution in [-0.4, -0.2) is 29.4 Å². The minimum atomic E-state index is -0.687. The van der Waals surface area contributed by atoms with Crippen LogP contribution in [0.4, 0.5) is 0 Å². The molecule has 0 aromatic heterocycles. The molecule has 0 aromatic carbocycles. The average molecular weight is 310 g/mol. The third-order valence-electron chi connectivity index (χ3n) is 4.58. The van der Waals surface area contributed by atoms with Gasteiger partial charge in [-0.3, -0.25) is 4.79 Å². The minimum Gasteiger partial charge on any atom is -0.481 e. The smallest absolute Gasteiger partial charge is 0.481 e. The molecule has 0 spiro atoms. The van der Waals surface area contributed by atoms with Gasteiger partial charge in [-0.25, -0.2) is 0 Å². The Morgan fingerprint density at radius 1 is 0.955 bits per heavy atom. The quantitative estimate of drug-likeness (QED) is 0.480. The maximum absolute atomic E-state index is 10.4. The van der Waals surface area contributed by atoms with E-state index in [2.05, 4.69) is 33.8 Å². The van der Waals surface area contributed by atoms with E-state index in [1.807, 2.05) is 5.98 Å². The SMILES string of the molecule is CC1(C)OB(/C=C/CCCCCCCCC(=O)O)OC1(C)C. The molecule has 4 nitrogen and oxygen atoms in total. The maximum atomic E-state index is 10.4. The third kappa shape index (κ3) is 6.53. The fraction of sp³-hybridized carbons (Fsp3) is 0.824. The monoisotopic (exact) mass is 310 g/mol. The molecule has 1 aliphatic rings. The van der Waals surface area contributed by atoms with E-state index in [0.717, 1.165) is 32.1 Å². The maximum Gasteiger partial charge on any atom is 0.486 e. The third-order valence-corrected chi connectivity index (χ3v) is 4.58. The number of hydrogen-bond acceptors (Lipinski definition) is 3. The zero-order valence-electron chi connectivity index (χ0n) is 14.6. The van der Waals surface area contributed by atoms with Crippen LogP contribution in [0.3, 0.4) is 0 Å². The highest BCUT2D eigenvalue weighted by Gasteiger charge is 2.49. The second-order valence-electron chi connectivity index (χ2n) is 7.11. The van der Waals surface area contributed by atoms with Gasteiger partial charge in [0.2, 0.25) is 0 Å². The topological polar surface area (TPSA) is 55.8 Å². The Morgan fingerprint density at radius 2 is 1.45 bits per heavy atom. The number of aliphatic carboxylic acids is 1. The molecule has 1 rings (SSSR count). The summed E-state index contributed by atoms with van der Waals surface area (Å²) >= 11 is 0. The Balaban J connectivity index is 2.03. The van der Waals surface area contributed by atoms with Gasteiger partial charge >= 0.3 is 13.1 Å². The lowest BCUT2D eigenvalue weighted by atomic mass is 9.89. The van der Waals surface area contributed by atoms with Crippen molar-refractivity contribution in [3.05, 3.63) is 12.1 Å². The number of rotatable bonds is 10. The highest BCUT2D eigenvalue weighted by molar-refractivity contribution is 6.51. The molecular formula is C17H31BO4. The second-order valence-corrected chi connectivity index (χ2v) is 7.11. The van der Waals surface area contributed by atoms with Gasteiger partial charge in [-0.15, -0.1) is 0 Å². The molecule has 1 fully saturated rings. The van der Waals surface area contributed by atoms with Crippen LogP contribution in [0.25, 0.3) is 0 Å². The summed E-state index contributed by atoms with van der Waals surface area (Å²) in [6.45, 7) is 8.24. The average Bonchev–Trinajstić information content (AvgIpc) is 2.59. The molecule has 0 unspecified atom stereocenters. The number of hydrogen-bond donors (Lipinski definition) is 1. The van der Waals surface area contributed by atoms with Crippen LogP contribution in [0.2, 0.25) is 0 Å². The molecule has 1 aliphatic heterocycles. The summed E-state index contributed by atoms with van der Waals surface area (Å²) in [6, 6.07) is 0. The van der Waals surface area contributed by atoms with E-state index in [9.17, 15) is 4.79 Å². The zero-order chi connectivity index (χ0) is 16.6. The summed E-state index contributed by atoms with van der Waals surface area (Å²) in [5, 5.41) is 8.54. The van der Waals surface area contributed by atoms with E-state index in [-0.39, 0.29) is 18.3 Å². The van der Waals surface area contributed by atoms with Gasteiger partial charge in [-0.05, 0) is 47.0 Å². The standard InChI is InChI=1S/C17H31BO4/c1-16(2)17(3,4)22-18(21-16)14-12-10-8-6-5-7-9-11-13-15(19)20/h12,14H,5-11,13H2,1-4H3,(H,19,20)/b14-12+. The highest BCUT2D eigenvalue weighted by Crippen LogP contribution is 2.36. The lowest BCUT2D eigenvalue weighted by Crippen LogP contribution is -2.41. The summed E-state index contributed by atoms with van der Waals surface area (Å²) in [6.07, 6.45) is 9.99. The molecule has 0 atom stereocenters. The first-order valence-electron chi connectivity index (χ1n) is 8.49. The summed E-state index contributed by atoms with van der Waals surface area (Å²) < 4.78 is 11.8. The molecular weight excluding hydrogens is 279 g/mol. The van der Waals surface area contributed by atoms with E-state index < -0.39 is 5.97 Å². The van der Waals surface area contributed by atoms with Gasteiger partial charge in [0.15, 0.2) is 0 Å². The van der Waals surface area contributed by atoms with Crippen LogP contribution in [0, 0.1) is 0 Å². The van der Waals surface area contributed by atoms with Crippen molar-refractivity contribution in [3.8, 4) is 0 Å². The molecule has 0 amide bonds. The first-order valence-corrected chi connectivity index (χ1v) is 8.49. The van der Waals surface area contributed by atoms with Crippen molar-refractivity contribution in [3.63, 3.8) is 0 Å². The van der Waals surface area contributed by atoms with Crippen LogP contribution >= 0.6 is 0 Å². The van der Waals surface area contributed by atoms with Gasteiger partial charge in [-0.2, -0.15) is 0 Å². The highest BCUT2D eigenvalue weighted by atomic mass is 16.7. The van der Waals surface area contributed by atoms with E-state index in [4.69, 9.17) is 14.4 Å². The van der Waals surface area contributed by atoms with Gasteiger partial charge in [0, 0.05) is 6.42 Å². The van der Waals surface area contributed by atoms with Gasteiger partial charge < -0.3 is 14.4 Å². The van der Waals surface area contributed by atoms with Crippen LogP contribution in [-0.2, 0) is 14.1 Å². The fourth-order valence-electron chi connectivity index (χ4n) is 2.42. The van der Waals surface area contributed by atoms with E-state index >= 15 is 0 Å². The van der Waals surface area contributed by atoms with E-state index in [0.29, 0.717) is 6.42 Å². The van der Waals surface area contributed by atoms with Crippen molar-refractivity contribution in [2.24, 2.45) is 0 Å². The Morgan fingerprint density at radius 3 is 2.00 bits per heavy atom. The Kier molecular flexibility index (Phi) is 7.64. The van der Waals surface area contributed by atoms with Gasteiger partial charge in [0.25, 0.3) is 0 Å². The predicted molar refractivity (Wildman–Crippen MR) is 89.8 cm³/mol. The number of unbranched alkanes of at least 4 members (excludes halogenated alkanes) is 6. The molecule has 1 heterocycles. The Labute approximate surface area is 135 Å². The number of carboxylic acid groups (broad SMARTS) is 1. The Hall–Kier alpha value is -0.805. The molecule has 1 N–H and O–H groups in total. The first kappa shape index (κ1) is 19.2. The lowest BCUT2D eigenvalue weighted by molar-refractivity contribution is -0.137. The molecule has 5 heteroatoms. The number of carbonyl (C=O) groups is 1. The summed E-state index contributed by atoms with van der Waals surface area (Å²) in [4.78, 5) is 10.4. The summed E-state index contributed by atoms with van der Waals surface area (Å²) in [7, 11) is -0.235. The minimum absolute atomic E-state index is 0.235. The van der Waals surface area contributed by atoms with Crippen LogP contribution in [0.1, 0.15) is 79.1 Å². The summed E-state index contributed by atoms with van der Waals surface area (Å²) in [5.41, 5.74) is -0.532. The zero-order valence-corrected chi connectivity index (χ0v) is 14.6. The van der Waals surface area contributed by atoms with Crippen molar-refractivity contribution in [2.75, 3.05) is 0 Å². The van der Waals surface area contributed by atoms with E-state index in [1.54, 1.807) is 0 Å². The van der Waals surface area contributed by atoms with Gasteiger partial charge in [0.05, 0.1) is 11.2 Å². The molecule has 0 bridgehead atoms. The van der Waals surface area contributed by atoms with Crippen LogP contribution < -0.4 is 0 Å². The number of carboxylic acids is 1. The molecule has 0 saturated carbocycles. The van der Waals surface area contributed by atoms with Crippen LogP contribution in [0.5, 0.6) is 0 Å². The molecule has 1 saturated heterocycles. The molecule has 0 radical (unpaired) electrons. The lowest BCUT2D eigenvalue weighted by Gasteiger charge is -2.32. The molecule has 22 heavy (non-hydrogen) atoms. The van der Waals surface area contributed by atoms with Crippen molar-refractivity contribution in [1.82, 2.24) is 0 Å². The van der Waals surface area contributed by atoms with Gasteiger partial charge in [0.1, 0.15) is 0 Å². The first-order chi connectivity index (χ1) is 10.2.